The van der Waals surface area contributed by atoms with E-state index >= 15 is 0 Å². The highest BCUT2D eigenvalue weighted by molar-refractivity contribution is 14.1. The molecule has 0 spiro atoms. The lowest BCUT2D eigenvalue weighted by Crippen LogP contribution is -2.30. The Morgan fingerprint density at radius 2 is 1.97 bits per heavy atom. The summed E-state index contributed by atoms with van der Waals surface area (Å²) >= 11 is 1.87. The highest BCUT2D eigenvalue weighted by Gasteiger charge is 2.33. The summed E-state index contributed by atoms with van der Waals surface area (Å²) < 4.78 is 4.56. The molecule has 4 heterocycles. The largest absolute Gasteiger partial charge is 0.382 e. The van der Waals surface area contributed by atoms with E-state index in [2.05, 4.69) is 25.1 Å². The Bertz CT molecular complexity index is 1520. The number of likely N-dealkylation sites (tertiary alicyclic amines) is 1. The molecular formula is C26H22IN7O2. The van der Waals surface area contributed by atoms with Crippen LogP contribution in [-0.4, -0.2) is 42.6 Å². The lowest BCUT2D eigenvalue weighted by atomic mass is 10.1. The van der Waals surface area contributed by atoms with Crippen molar-refractivity contribution < 1.29 is 9.59 Å². The molecule has 0 aliphatic carbocycles. The van der Waals surface area contributed by atoms with Gasteiger partial charge in [-0.05, 0) is 47.5 Å². The van der Waals surface area contributed by atoms with E-state index in [9.17, 15) is 9.59 Å². The Balaban J connectivity index is 1.49. The number of halogens is 1. The number of aromatic nitrogens is 4. The first-order valence-corrected chi connectivity index (χ1v) is 12.4. The predicted octanol–water partition coefficient (Wildman–Crippen LogP) is 3.99. The summed E-state index contributed by atoms with van der Waals surface area (Å²) in [5.74, 6) is 3.69. The van der Waals surface area contributed by atoms with Gasteiger partial charge < -0.3 is 16.0 Å². The van der Waals surface area contributed by atoms with Crippen LogP contribution in [0.5, 0.6) is 0 Å². The van der Waals surface area contributed by atoms with Crippen LogP contribution in [0.15, 0.2) is 55.0 Å². The van der Waals surface area contributed by atoms with E-state index in [4.69, 9.17) is 10.7 Å². The maximum atomic E-state index is 12.7. The van der Waals surface area contributed by atoms with Crippen molar-refractivity contribution in [2.75, 3.05) is 17.6 Å². The molecule has 9 nitrogen and oxygen atoms in total. The van der Waals surface area contributed by atoms with Crippen molar-refractivity contribution in [2.24, 2.45) is 0 Å². The normalized spacial score (nSPS) is 14.9. The molecule has 1 saturated heterocycles. The minimum atomic E-state index is -0.258. The summed E-state index contributed by atoms with van der Waals surface area (Å²) in [4.78, 5) is 40.5. The number of aryl methyl sites for hydroxylation is 1. The van der Waals surface area contributed by atoms with E-state index in [-0.39, 0.29) is 17.9 Å². The van der Waals surface area contributed by atoms with Gasteiger partial charge in [-0.1, -0.05) is 18.2 Å². The third kappa shape index (κ3) is 4.49. The summed E-state index contributed by atoms with van der Waals surface area (Å²) in [6.07, 6.45) is 6.77. The molecule has 0 radical (unpaired) electrons. The number of amides is 2. The number of hydrogen-bond donors (Lipinski definition) is 2. The van der Waals surface area contributed by atoms with Crippen LogP contribution in [0.3, 0.4) is 0 Å². The molecule has 10 heteroatoms. The van der Waals surface area contributed by atoms with Crippen LogP contribution in [0.1, 0.15) is 40.6 Å². The number of imidazole rings is 1. The number of nitrogens with two attached hydrogens (primary N) is 1. The van der Waals surface area contributed by atoms with E-state index < -0.39 is 0 Å². The zero-order valence-corrected chi connectivity index (χ0v) is 21.6. The number of rotatable bonds is 4. The van der Waals surface area contributed by atoms with E-state index in [1.807, 2.05) is 52.1 Å². The molecule has 1 atom stereocenters. The van der Waals surface area contributed by atoms with Crippen LogP contribution in [0, 0.1) is 16.8 Å². The van der Waals surface area contributed by atoms with E-state index in [1.54, 1.807) is 41.7 Å². The average Bonchev–Trinajstić information content (AvgIpc) is 3.51. The Morgan fingerprint density at radius 1 is 1.17 bits per heavy atom. The molecule has 1 fully saturated rings. The number of fused-ring (bicyclic) bond motifs is 1. The third-order valence-electron chi connectivity index (χ3n) is 6.15. The van der Waals surface area contributed by atoms with E-state index in [0.717, 1.165) is 24.0 Å². The van der Waals surface area contributed by atoms with E-state index in [1.165, 1.54) is 0 Å². The first kappa shape index (κ1) is 23.7. The van der Waals surface area contributed by atoms with Gasteiger partial charge in [0.25, 0.3) is 11.8 Å². The molecule has 0 unspecified atom stereocenters. The predicted molar refractivity (Wildman–Crippen MR) is 145 cm³/mol. The fraction of sp³-hybridized carbons (Fsp3) is 0.192. The number of nitrogen functional groups attached to an aromatic ring is 1. The van der Waals surface area contributed by atoms with Gasteiger partial charge in [-0.15, -0.1) is 0 Å². The van der Waals surface area contributed by atoms with Crippen molar-refractivity contribution >= 4 is 51.6 Å². The van der Waals surface area contributed by atoms with Crippen molar-refractivity contribution in [1.82, 2.24) is 24.3 Å². The summed E-state index contributed by atoms with van der Waals surface area (Å²) in [5, 5.41) is 2.80. The number of nitrogens with zero attached hydrogens (tertiary/aromatic N) is 5. The van der Waals surface area contributed by atoms with Crippen LogP contribution in [0.25, 0.3) is 16.8 Å². The summed E-state index contributed by atoms with van der Waals surface area (Å²) in [6, 6.07) is 10.6. The standard InChI is InChI=1S/C26H22IN7O2/c1-16-4-9-20(30-15-16)31-26(36)18-7-5-17(6-8-18)22-23-24(28)29-12-14-34(23)25(32-22)19-3-2-13-33(19)21(35)10-11-27/h4-9,12,14-15,19H,2-3,13H2,1H3,(H2,28,29)(H,30,31,36)/t19-/m0/s1. The highest BCUT2D eigenvalue weighted by Crippen LogP contribution is 2.36. The van der Waals surface area contributed by atoms with Crippen molar-refractivity contribution in [2.45, 2.75) is 25.8 Å². The number of benzene rings is 1. The lowest BCUT2D eigenvalue weighted by Gasteiger charge is -2.21. The molecule has 1 aliphatic heterocycles. The molecule has 3 N–H and O–H groups in total. The molecule has 0 bridgehead atoms. The van der Waals surface area contributed by atoms with Crippen molar-refractivity contribution in [3.05, 3.63) is 71.9 Å². The van der Waals surface area contributed by atoms with Gasteiger partial charge in [-0.2, -0.15) is 0 Å². The van der Waals surface area contributed by atoms with Crippen LogP contribution in [-0.2, 0) is 4.79 Å². The minimum absolute atomic E-state index is 0.217. The first-order chi connectivity index (χ1) is 17.5. The molecule has 1 aromatic carbocycles. The van der Waals surface area contributed by atoms with Gasteiger partial charge in [-0.25, -0.2) is 15.0 Å². The van der Waals surface area contributed by atoms with Crippen molar-refractivity contribution in [3.63, 3.8) is 0 Å². The van der Waals surface area contributed by atoms with Gasteiger partial charge in [-0.3, -0.25) is 14.0 Å². The molecule has 3 aromatic heterocycles. The quantitative estimate of drug-likeness (QED) is 0.274. The number of anilines is 2. The molecule has 5 rings (SSSR count). The summed E-state index contributed by atoms with van der Waals surface area (Å²) in [6.45, 7) is 2.56. The zero-order valence-electron chi connectivity index (χ0n) is 19.4. The minimum Gasteiger partial charge on any atom is -0.382 e. The van der Waals surface area contributed by atoms with E-state index in [0.29, 0.717) is 40.8 Å². The second kappa shape index (κ2) is 9.94. The number of carbonyl (C=O) groups excluding carboxylic acids is 2. The number of hydrogen-bond acceptors (Lipinski definition) is 6. The van der Waals surface area contributed by atoms with Gasteiger partial charge in [0.05, 0.1) is 6.04 Å². The Hall–Kier alpha value is -3.98. The second-order valence-corrected chi connectivity index (χ2v) is 9.02. The van der Waals surface area contributed by atoms with Gasteiger partial charge in [0.2, 0.25) is 0 Å². The topological polar surface area (TPSA) is 119 Å². The fourth-order valence-corrected chi connectivity index (χ4v) is 4.65. The van der Waals surface area contributed by atoms with Gasteiger partial charge >= 0.3 is 0 Å². The van der Waals surface area contributed by atoms with Crippen LogP contribution in [0.2, 0.25) is 0 Å². The maximum absolute atomic E-state index is 12.7. The molecule has 4 aromatic rings. The SMILES string of the molecule is Cc1ccc(NC(=O)c2ccc(-c3nc([C@@H]4CCCN4C(=O)C#CI)n4ccnc(N)c34)cc2)nc1. The summed E-state index contributed by atoms with van der Waals surface area (Å²) in [5.41, 5.74) is 9.86. The van der Waals surface area contributed by atoms with Gasteiger partial charge in [0, 0.05) is 64.8 Å². The average molecular weight is 591 g/mol. The molecule has 36 heavy (non-hydrogen) atoms. The first-order valence-electron chi connectivity index (χ1n) is 11.4. The lowest BCUT2D eigenvalue weighted by molar-refractivity contribution is -0.126. The Labute approximate surface area is 221 Å². The molecule has 180 valence electrons. The molecular weight excluding hydrogens is 569 g/mol. The Morgan fingerprint density at radius 3 is 2.69 bits per heavy atom. The van der Waals surface area contributed by atoms with Crippen LogP contribution in [0.4, 0.5) is 11.6 Å². The van der Waals surface area contributed by atoms with Crippen molar-refractivity contribution in [1.29, 1.82) is 0 Å². The fourth-order valence-electron chi connectivity index (χ4n) is 4.42. The summed E-state index contributed by atoms with van der Waals surface area (Å²) in [7, 11) is 0. The van der Waals surface area contributed by atoms with Gasteiger partial charge in [0.15, 0.2) is 0 Å². The second-order valence-electron chi connectivity index (χ2n) is 8.48. The van der Waals surface area contributed by atoms with Crippen LogP contribution >= 0.6 is 22.6 Å². The number of nitrogens with one attached hydrogen (secondary N) is 1. The van der Waals surface area contributed by atoms with Gasteiger partial charge in [0.1, 0.15) is 28.7 Å². The molecule has 1 aliphatic rings. The molecule has 2 amide bonds. The highest BCUT2D eigenvalue weighted by atomic mass is 127. The van der Waals surface area contributed by atoms with Crippen molar-refractivity contribution in [3.8, 4) is 21.1 Å². The third-order valence-corrected chi connectivity index (χ3v) is 6.42. The Kier molecular flexibility index (Phi) is 6.56. The van der Waals surface area contributed by atoms with Crippen LogP contribution < -0.4 is 11.1 Å². The smallest absolute Gasteiger partial charge is 0.299 e. The maximum Gasteiger partial charge on any atom is 0.299 e. The number of pyridine rings is 1. The number of carbonyl (C=O) groups is 2. The monoisotopic (exact) mass is 591 g/mol. The molecule has 0 saturated carbocycles. The zero-order chi connectivity index (χ0) is 25.2.